The Morgan fingerprint density at radius 2 is 2.05 bits per heavy atom. The lowest BCUT2D eigenvalue weighted by Gasteiger charge is -2.12. The van der Waals surface area contributed by atoms with E-state index in [1.807, 2.05) is 0 Å². The van der Waals surface area contributed by atoms with Gasteiger partial charge in [-0.3, -0.25) is 19.9 Å². The van der Waals surface area contributed by atoms with Crippen molar-refractivity contribution in [3.05, 3.63) is 69.8 Å². The molecule has 0 aliphatic rings. The van der Waals surface area contributed by atoms with E-state index in [2.05, 4.69) is 4.98 Å². The summed E-state index contributed by atoms with van der Waals surface area (Å²) in [5.41, 5.74) is 0.176. The zero-order chi connectivity index (χ0) is 15.4. The second kappa shape index (κ2) is 6.08. The molecule has 0 radical (unpaired) electrons. The van der Waals surface area contributed by atoms with Crippen LogP contribution >= 0.6 is 0 Å². The molecule has 1 N–H and O–H groups in total. The molecule has 21 heavy (non-hydrogen) atoms. The summed E-state index contributed by atoms with van der Waals surface area (Å²) in [6.45, 7) is 0. The third-order valence-electron chi connectivity index (χ3n) is 3.02. The zero-order valence-corrected chi connectivity index (χ0v) is 10.8. The summed E-state index contributed by atoms with van der Waals surface area (Å²) < 4.78 is 13.6. The number of carbonyl (C=O) groups is 1. The number of nitro groups is 1. The number of halogens is 1. The minimum atomic E-state index is -1.17. The Labute approximate surface area is 119 Å². The van der Waals surface area contributed by atoms with Crippen molar-refractivity contribution < 1.29 is 19.2 Å². The van der Waals surface area contributed by atoms with Crippen LogP contribution in [0.3, 0.4) is 0 Å². The molecule has 108 valence electrons. The summed E-state index contributed by atoms with van der Waals surface area (Å²) in [6.07, 6.45) is 0.916. The minimum absolute atomic E-state index is 0.0766. The van der Waals surface area contributed by atoms with E-state index in [1.165, 1.54) is 30.3 Å². The third-order valence-corrected chi connectivity index (χ3v) is 3.02. The highest BCUT2D eigenvalue weighted by Crippen LogP contribution is 2.22. The van der Waals surface area contributed by atoms with Crippen molar-refractivity contribution in [3.8, 4) is 0 Å². The molecule has 0 aliphatic heterocycles. The summed E-state index contributed by atoms with van der Waals surface area (Å²) in [5, 5.41) is 19.8. The van der Waals surface area contributed by atoms with E-state index in [4.69, 9.17) is 0 Å². The fraction of sp³-hybridized carbons (Fsp3) is 0.143. The molecule has 0 bridgehead atoms. The van der Waals surface area contributed by atoms with E-state index in [0.29, 0.717) is 0 Å². The molecule has 0 spiro atoms. The zero-order valence-electron chi connectivity index (χ0n) is 10.8. The molecule has 2 rings (SSSR count). The Bertz CT molecular complexity index is 673. The Morgan fingerprint density at radius 1 is 1.33 bits per heavy atom. The Kier molecular flexibility index (Phi) is 4.22. The van der Waals surface area contributed by atoms with Gasteiger partial charge in [0.1, 0.15) is 17.9 Å². The van der Waals surface area contributed by atoms with E-state index >= 15 is 0 Å². The van der Waals surface area contributed by atoms with Gasteiger partial charge < -0.3 is 5.11 Å². The van der Waals surface area contributed by atoms with Gasteiger partial charge in [0.25, 0.3) is 5.69 Å². The largest absolute Gasteiger partial charge is 0.481 e. The highest BCUT2D eigenvalue weighted by atomic mass is 19.1. The van der Waals surface area contributed by atoms with Crippen LogP contribution in [0, 0.1) is 15.9 Å². The summed E-state index contributed by atoms with van der Waals surface area (Å²) >= 11 is 0. The van der Waals surface area contributed by atoms with Gasteiger partial charge in [-0.1, -0.05) is 18.2 Å². The highest BCUT2D eigenvalue weighted by molar-refractivity contribution is 5.76. The Morgan fingerprint density at radius 3 is 2.57 bits per heavy atom. The summed E-state index contributed by atoms with van der Waals surface area (Å²) in [6, 6.07) is 8.32. The molecule has 0 saturated carbocycles. The molecule has 2 aromatic rings. The maximum absolute atomic E-state index is 13.6. The summed E-state index contributed by atoms with van der Waals surface area (Å²) in [7, 11) is 0. The molecule has 0 aliphatic carbocycles. The molecule has 0 fully saturated rings. The molecule has 1 atom stereocenters. The van der Waals surface area contributed by atoms with E-state index in [-0.39, 0.29) is 23.4 Å². The van der Waals surface area contributed by atoms with Crippen LogP contribution in [0.1, 0.15) is 17.2 Å². The van der Waals surface area contributed by atoms with E-state index in [1.54, 1.807) is 6.07 Å². The predicted molar refractivity (Wildman–Crippen MR) is 71.4 cm³/mol. The number of carboxylic acids is 1. The van der Waals surface area contributed by atoms with E-state index in [9.17, 15) is 24.4 Å². The van der Waals surface area contributed by atoms with Gasteiger partial charge in [0.05, 0.1) is 10.6 Å². The standard InChI is InChI=1S/C14H11FN2O4/c15-12-4-2-1-3-9(12)7-11(14(18)19)13-6-5-10(8-16-13)17(20)21/h1-6,8,11H,7H2,(H,18,19). The number of aliphatic carboxylic acids is 1. The number of benzene rings is 1. The molecule has 7 heteroatoms. The molecular formula is C14H11FN2O4. The lowest BCUT2D eigenvalue weighted by atomic mass is 9.95. The van der Waals surface area contributed by atoms with Crippen LogP contribution in [0.5, 0.6) is 0 Å². The van der Waals surface area contributed by atoms with Crippen molar-refractivity contribution in [1.29, 1.82) is 0 Å². The Hall–Kier alpha value is -2.83. The molecular weight excluding hydrogens is 279 g/mol. The number of pyridine rings is 1. The topological polar surface area (TPSA) is 93.3 Å². The highest BCUT2D eigenvalue weighted by Gasteiger charge is 2.23. The van der Waals surface area contributed by atoms with Crippen LogP contribution < -0.4 is 0 Å². The van der Waals surface area contributed by atoms with Gasteiger partial charge in [0.15, 0.2) is 0 Å². The fourth-order valence-electron chi connectivity index (χ4n) is 1.91. The number of nitrogens with zero attached hydrogens (tertiary/aromatic N) is 2. The van der Waals surface area contributed by atoms with Crippen molar-refractivity contribution >= 4 is 11.7 Å². The number of rotatable bonds is 5. The average molecular weight is 290 g/mol. The molecule has 1 unspecified atom stereocenters. The first-order valence-electron chi connectivity index (χ1n) is 6.05. The quantitative estimate of drug-likeness (QED) is 0.674. The van der Waals surface area contributed by atoms with Gasteiger partial charge in [-0.15, -0.1) is 0 Å². The van der Waals surface area contributed by atoms with E-state index in [0.717, 1.165) is 6.20 Å². The maximum Gasteiger partial charge on any atom is 0.312 e. The van der Waals surface area contributed by atoms with Crippen molar-refractivity contribution in [2.45, 2.75) is 12.3 Å². The van der Waals surface area contributed by atoms with Gasteiger partial charge in [-0.2, -0.15) is 0 Å². The smallest absolute Gasteiger partial charge is 0.312 e. The van der Waals surface area contributed by atoms with Crippen LogP contribution in [0.2, 0.25) is 0 Å². The second-order valence-electron chi connectivity index (χ2n) is 4.38. The minimum Gasteiger partial charge on any atom is -0.481 e. The van der Waals surface area contributed by atoms with Crippen molar-refractivity contribution in [1.82, 2.24) is 4.98 Å². The van der Waals surface area contributed by atoms with Crippen LogP contribution in [0.15, 0.2) is 42.6 Å². The number of aromatic nitrogens is 1. The first kappa shape index (κ1) is 14.6. The number of hydrogen-bond acceptors (Lipinski definition) is 4. The lowest BCUT2D eigenvalue weighted by Crippen LogP contribution is -2.16. The number of carboxylic acid groups (broad SMARTS) is 1. The van der Waals surface area contributed by atoms with Gasteiger partial charge in [0.2, 0.25) is 0 Å². The second-order valence-corrected chi connectivity index (χ2v) is 4.38. The first-order chi connectivity index (χ1) is 9.99. The molecule has 1 aromatic carbocycles. The molecule has 0 saturated heterocycles. The van der Waals surface area contributed by atoms with Gasteiger partial charge >= 0.3 is 5.97 Å². The monoisotopic (exact) mass is 290 g/mol. The van der Waals surface area contributed by atoms with Crippen LogP contribution in [0.25, 0.3) is 0 Å². The fourth-order valence-corrected chi connectivity index (χ4v) is 1.91. The van der Waals surface area contributed by atoms with Crippen molar-refractivity contribution in [2.24, 2.45) is 0 Å². The molecule has 1 aromatic heterocycles. The van der Waals surface area contributed by atoms with Gasteiger partial charge in [-0.25, -0.2) is 4.39 Å². The number of hydrogen-bond donors (Lipinski definition) is 1. The van der Waals surface area contributed by atoms with Crippen LogP contribution in [-0.2, 0) is 11.2 Å². The third kappa shape index (κ3) is 3.38. The molecule has 1 heterocycles. The lowest BCUT2D eigenvalue weighted by molar-refractivity contribution is -0.385. The molecule has 6 nitrogen and oxygen atoms in total. The predicted octanol–water partition coefficient (Wildman–Crippen LogP) is 2.54. The summed E-state index contributed by atoms with van der Waals surface area (Å²) in [4.78, 5) is 25.1. The first-order valence-corrected chi connectivity index (χ1v) is 6.05. The van der Waals surface area contributed by atoms with E-state index < -0.39 is 22.6 Å². The Balaban J connectivity index is 2.29. The van der Waals surface area contributed by atoms with Crippen LogP contribution in [0.4, 0.5) is 10.1 Å². The van der Waals surface area contributed by atoms with Gasteiger partial charge in [-0.05, 0) is 24.1 Å². The maximum atomic E-state index is 13.6. The average Bonchev–Trinajstić information content (AvgIpc) is 2.46. The van der Waals surface area contributed by atoms with Gasteiger partial charge in [0, 0.05) is 6.07 Å². The molecule has 0 amide bonds. The summed E-state index contributed by atoms with van der Waals surface area (Å²) in [5.74, 6) is -2.73. The van der Waals surface area contributed by atoms with Crippen molar-refractivity contribution in [2.75, 3.05) is 0 Å². The van der Waals surface area contributed by atoms with Crippen LogP contribution in [-0.4, -0.2) is 21.0 Å². The van der Waals surface area contributed by atoms with Crippen molar-refractivity contribution in [3.63, 3.8) is 0 Å². The SMILES string of the molecule is O=C(O)C(Cc1ccccc1F)c1ccc([N+](=O)[O-])cn1. The normalized spacial score (nSPS) is 11.9.